The Labute approximate surface area is 137 Å². The number of aryl methyl sites for hydroxylation is 1. The highest BCUT2D eigenvalue weighted by atomic mass is 35.5. The molecule has 2 atom stereocenters. The Bertz CT molecular complexity index is 937. The lowest BCUT2D eigenvalue weighted by atomic mass is 9.91. The summed E-state index contributed by atoms with van der Waals surface area (Å²) >= 11 is 6.27. The van der Waals surface area contributed by atoms with Gasteiger partial charge in [-0.1, -0.05) is 53.2 Å². The third-order valence-corrected chi connectivity index (χ3v) is 4.72. The Morgan fingerprint density at radius 2 is 2.04 bits per heavy atom. The van der Waals surface area contributed by atoms with E-state index in [1.54, 1.807) is 17.7 Å². The van der Waals surface area contributed by atoms with Gasteiger partial charge in [0.25, 0.3) is 0 Å². The van der Waals surface area contributed by atoms with Crippen LogP contribution in [0.1, 0.15) is 5.56 Å². The molecule has 0 bridgehead atoms. The van der Waals surface area contributed by atoms with Crippen molar-refractivity contribution in [2.75, 3.05) is 0 Å². The number of halogens is 1. The van der Waals surface area contributed by atoms with Crippen LogP contribution in [0.4, 0.5) is 0 Å². The van der Waals surface area contributed by atoms with Gasteiger partial charge >= 0.3 is 0 Å². The number of hydrogen-bond donors (Lipinski definition) is 2. The van der Waals surface area contributed by atoms with E-state index >= 15 is 0 Å². The molecule has 5 nitrogen and oxygen atoms in total. The van der Waals surface area contributed by atoms with Gasteiger partial charge in [0.1, 0.15) is 5.71 Å². The van der Waals surface area contributed by atoms with Crippen LogP contribution in [0.5, 0.6) is 5.88 Å². The number of oxime groups is 1. The number of hydrogen-bond acceptors (Lipinski definition) is 4. The average Bonchev–Trinajstić information content (AvgIpc) is 3.04. The third kappa shape index (κ3) is 1.86. The van der Waals surface area contributed by atoms with Crippen molar-refractivity contribution in [2.24, 2.45) is 23.1 Å². The van der Waals surface area contributed by atoms with Gasteiger partial charge in [0, 0.05) is 12.4 Å². The standard InChI is InChI=1S/C17H14ClN3O2/c1-21-16-10(6-4-7-11(16)18)13(17(21)22)15-14(20-23)9-5-2-3-8-12(9)19-15/h2-9,12,22-23H,1H3/b20-14-. The van der Waals surface area contributed by atoms with Crippen LogP contribution in [0.15, 0.2) is 52.7 Å². The van der Waals surface area contributed by atoms with Crippen molar-refractivity contribution in [3.8, 4) is 5.88 Å². The minimum absolute atomic E-state index is 0.0552. The Morgan fingerprint density at radius 1 is 1.26 bits per heavy atom. The summed E-state index contributed by atoms with van der Waals surface area (Å²) in [5, 5.41) is 24.9. The van der Waals surface area contributed by atoms with E-state index in [1.807, 2.05) is 36.4 Å². The molecule has 1 aliphatic heterocycles. The fourth-order valence-corrected chi connectivity index (χ4v) is 3.64. The lowest BCUT2D eigenvalue weighted by molar-refractivity contribution is 0.317. The maximum atomic E-state index is 10.6. The first-order valence-corrected chi connectivity index (χ1v) is 7.62. The molecule has 0 saturated heterocycles. The number of aromatic hydroxyl groups is 1. The Hall–Kier alpha value is -2.53. The smallest absolute Gasteiger partial charge is 0.201 e. The van der Waals surface area contributed by atoms with Crippen LogP contribution in [0.2, 0.25) is 5.02 Å². The van der Waals surface area contributed by atoms with Crippen molar-refractivity contribution in [1.82, 2.24) is 4.57 Å². The Morgan fingerprint density at radius 3 is 2.83 bits per heavy atom. The first-order chi connectivity index (χ1) is 11.1. The summed E-state index contributed by atoms with van der Waals surface area (Å²) in [4.78, 5) is 4.66. The second-order valence-electron chi connectivity index (χ2n) is 5.64. The van der Waals surface area contributed by atoms with Crippen molar-refractivity contribution in [1.29, 1.82) is 0 Å². The first kappa shape index (κ1) is 14.1. The molecule has 2 heterocycles. The fraction of sp³-hybridized carbons (Fsp3) is 0.176. The van der Waals surface area contributed by atoms with Crippen molar-refractivity contribution < 1.29 is 10.3 Å². The molecule has 116 valence electrons. The molecule has 0 radical (unpaired) electrons. The molecule has 2 N–H and O–H groups in total. The summed E-state index contributed by atoms with van der Waals surface area (Å²) in [6.45, 7) is 0. The summed E-state index contributed by atoms with van der Waals surface area (Å²) in [5.74, 6) is -0.0616. The van der Waals surface area contributed by atoms with Gasteiger partial charge in [-0.15, -0.1) is 0 Å². The molecule has 2 aromatic rings. The topological polar surface area (TPSA) is 70.1 Å². The molecule has 2 aliphatic rings. The zero-order valence-corrected chi connectivity index (χ0v) is 13.1. The molecule has 2 unspecified atom stereocenters. The molecule has 1 aromatic heterocycles. The Balaban J connectivity index is 2.00. The number of allylic oxidation sites excluding steroid dienone is 2. The molecule has 0 amide bonds. The maximum Gasteiger partial charge on any atom is 0.201 e. The van der Waals surface area contributed by atoms with Gasteiger partial charge in [-0.3, -0.25) is 4.99 Å². The predicted octanol–water partition coefficient (Wildman–Crippen LogP) is 3.28. The minimum atomic E-state index is -0.117. The first-order valence-electron chi connectivity index (χ1n) is 7.25. The Kier molecular flexibility index (Phi) is 3.06. The molecule has 1 aromatic carbocycles. The molecular weight excluding hydrogens is 314 g/mol. The molecule has 0 fully saturated rings. The van der Waals surface area contributed by atoms with Crippen molar-refractivity contribution in [2.45, 2.75) is 6.04 Å². The van der Waals surface area contributed by atoms with Gasteiger partial charge < -0.3 is 14.9 Å². The van der Waals surface area contributed by atoms with Gasteiger partial charge in [0.05, 0.1) is 33.8 Å². The monoisotopic (exact) mass is 327 g/mol. The van der Waals surface area contributed by atoms with Gasteiger partial charge in [0.15, 0.2) is 0 Å². The number of rotatable bonds is 1. The third-order valence-electron chi connectivity index (χ3n) is 4.42. The molecule has 1 aliphatic carbocycles. The van der Waals surface area contributed by atoms with Crippen molar-refractivity contribution >= 4 is 33.9 Å². The van der Waals surface area contributed by atoms with E-state index in [0.29, 0.717) is 22.0 Å². The number of fused-ring (bicyclic) bond motifs is 2. The summed E-state index contributed by atoms with van der Waals surface area (Å²) in [7, 11) is 1.74. The highest BCUT2D eigenvalue weighted by Crippen LogP contribution is 2.38. The molecule has 0 spiro atoms. The second-order valence-corrected chi connectivity index (χ2v) is 6.05. The van der Waals surface area contributed by atoms with Crippen LogP contribution < -0.4 is 0 Å². The average molecular weight is 328 g/mol. The maximum absolute atomic E-state index is 10.6. The van der Waals surface area contributed by atoms with Gasteiger partial charge in [-0.2, -0.15) is 0 Å². The number of aromatic nitrogens is 1. The van der Waals surface area contributed by atoms with Crippen LogP contribution in [-0.4, -0.2) is 32.3 Å². The van der Waals surface area contributed by atoms with Gasteiger partial charge in [-0.05, 0) is 6.07 Å². The molecule has 0 saturated carbocycles. The lowest BCUT2D eigenvalue weighted by Gasteiger charge is -2.12. The summed E-state index contributed by atoms with van der Waals surface area (Å²) in [6.07, 6.45) is 7.73. The van der Waals surface area contributed by atoms with E-state index in [2.05, 4.69) is 10.1 Å². The molecule has 6 heteroatoms. The quantitative estimate of drug-likeness (QED) is 0.623. The van der Waals surface area contributed by atoms with Gasteiger partial charge in [-0.25, -0.2) is 0 Å². The highest BCUT2D eigenvalue weighted by molar-refractivity contribution is 6.53. The number of aliphatic imine (C=N–C) groups is 1. The highest BCUT2D eigenvalue weighted by Gasteiger charge is 2.37. The minimum Gasteiger partial charge on any atom is -0.494 e. The van der Waals surface area contributed by atoms with Crippen LogP contribution in [0, 0.1) is 5.92 Å². The largest absolute Gasteiger partial charge is 0.494 e. The van der Waals surface area contributed by atoms with E-state index < -0.39 is 0 Å². The van der Waals surface area contributed by atoms with E-state index in [1.165, 1.54) is 0 Å². The van der Waals surface area contributed by atoms with E-state index in [-0.39, 0.29) is 17.8 Å². The molecular formula is C17H14ClN3O2. The predicted molar refractivity (Wildman–Crippen MR) is 90.9 cm³/mol. The number of nitrogens with zero attached hydrogens (tertiary/aromatic N) is 3. The van der Waals surface area contributed by atoms with Crippen LogP contribution in [0.3, 0.4) is 0 Å². The van der Waals surface area contributed by atoms with Crippen LogP contribution in [0.25, 0.3) is 10.9 Å². The van der Waals surface area contributed by atoms with Crippen LogP contribution >= 0.6 is 11.6 Å². The fourth-order valence-electron chi connectivity index (χ4n) is 3.34. The van der Waals surface area contributed by atoms with E-state index in [0.717, 1.165) is 10.9 Å². The summed E-state index contributed by atoms with van der Waals surface area (Å²) in [6, 6.07) is 5.36. The van der Waals surface area contributed by atoms with Crippen molar-refractivity contribution in [3.05, 3.63) is 53.1 Å². The SMILES string of the molecule is Cn1c(O)c(C2=NC3C=CC=CC3/C2=N/O)c2cccc(Cl)c21. The normalized spacial score (nSPS) is 24.4. The van der Waals surface area contributed by atoms with Crippen molar-refractivity contribution in [3.63, 3.8) is 0 Å². The molecule has 4 rings (SSSR count). The van der Waals surface area contributed by atoms with Gasteiger partial charge in [0.2, 0.25) is 5.88 Å². The lowest BCUT2D eigenvalue weighted by Crippen LogP contribution is -2.22. The zero-order valence-electron chi connectivity index (χ0n) is 12.3. The second kappa shape index (κ2) is 4.99. The van der Waals surface area contributed by atoms with E-state index in [9.17, 15) is 10.3 Å². The number of benzene rings is 1. The summed E-state index contributed by atoms with van der Waals surface area (Å²) < 4.78 is 1.62. The summed E-state index contributed by atoms with van der Waals surface area (Å²) in [5.41, 5.74) is 2.24. The number of para-hydroxylation sites is 1. The van der Waals surface area contributed by atoms with Crippen LogP contribution in [-0.2, 0) is 7.05 Å². The van der Waals surface area contributed by atoms with E-state index in [4.69, 9.17) is 11.6 Å². The zero-order chi connectivity index (χ0) is 16.1. The molecule has 23 heavy (non-hydrogen) atoms.